The number of benzene rings is 3. The second-order valence-corrected chi connectivity index (χ2v) is 10.2. The van der Waals surface area contributed by atoms with Crippen molar-refractivity contribution in [2.24, 2.45) is 9.98 Å². The predicted molar refractivity (Wildman–Crippen MR) is 165 cm³/mol. The molecule has 0 aromatic heterocycles. The van der Waals surface area contributed by atoms with Gasteiger partial charge < -0.3 is 30.0 Å². The topological polar surface area (TPSA) is 145 Å². The first-order valence-corrected chi connectivity index (χ1v) is 13.9. The third-order valence-electron chi connectivity index (χ3n) is 6.63. The van der Waals surface area contributed by atoms with Gasteiger partial charge in [-0.3, -0.25) is 9.98 Å². The van der Waals surface area contributed by atoms with Crippen LogP contribution >= 0.6 is 0 Å². The Hall–Kier alpha value is -3.95. The second kappa shape index (κ2) is 19.3. The van der Waals surface area contributed by atoms with Crippen molar-refractivity contribution in [1.29, 1.82) is 0 Å². The minimum atomic E-state index is -1.08. The molecule has 2 atom stereocenters. The van der Waals surface area contributed by atoms with Crippen molar-refractivity contribution in [3.8, 4) is 11.5 Å². The standard InChI is InChI=1S/C30H36N2O2.2C2H4O2.Co/c1-7-19(3)23-13-21(5)29(33)25(15-23)17-31-27-11-9-10-12-28(27)32-18-26-16-24(20(4)8-2)14-22(6)30(26)34;2*1-2(3)4;/h9-20,33-34H,7-8H2,1-6H3;2*1H3,(H,3,4);/q;;;+2/p-2. The molecule has 2 unspecified atom stereocenters. The molecule has 0 saturated carbocycles. The van der Waals surface area contributed by atoms with E-state index in [0.29, 0.717) is 34.3 Å². The third kappa shape index (κ3) is 13.3. The molecule has 0 aliphatic heterocycles. The van der Waals surface area contributed by atoms with Gasteiger partial charge in [0.25, 0.3) is 0 Å². The van der Waals surface area contributed by atoms with Crippen molar-refractivity contribution in [2.45, 2.75) is 80.1 Å². The number of aliphatic imine (C=N–C) groups is 2. The van der Waals surface area contributed by atoms with Crippen LogP contribution in [0.15, 0.2) is 58.5 Å². The summed E-state index contributed by atoms with van der Waals surface area (Å²) in [5.74, 6) is -0.852. The predicted octanol–water partition coefficient (Wildman–Crippen LogP) is 5.75. The Morgan fingerprint density at radius 2 is 1.05 bits per heavy atom. The van der Waals surface area contributed by atoms with Crippen LogP contribution in [-0.2, 0) is 26.4 Å². The number of hydrogen-bond acceptors (Lipinski definition) is 8. The number of carboxylic acids is 2. The van der Waals surface area contributed by atoms with Gasteiger partial charge in [-0.05, 0) is 98.9 Å². The van der Waals surface area contributed by atoms with Crippen LogP contribution in [-0.4, -0.2) is 34.6 Å². The van der Waals surface area contributed by atoms with Crippen LogP contribution in [0.3, 0.4) is 0 Å². The summed E-state index contributed by atoms with van der Waals surface area (Å²) in [6.45, 7) is 14.5. The summed E-state index contributed by atoms with van der Waals surface area (Å²) in [5, 5.41) is 38.9. The summed E-state index contributed by atoms with van der Waals surface area (Å²) in [7, 11) is 0. The number of aromatic hydroxyl groups is 2. The molecule has 2 N–H and O–H groups in total. The third-order valence-corrected chi connectivity index (χ3v) is 6.63. The van der Waals surface area contributed by atoms with Gasteiger partial charge in [-0.1, -0.05) is 52.0 Å². The molecule has 9 heteroatoms. The average molecular weight is 634 g/mol. The van der Waals surface area contributed by atoms with E-state index in [0.717, 1.165) is 37.8 Å². The first-order valence-electron chi connectivity index (χ1n) is 13.9. The summed E-state index contributed by atoms with van der Waals surface area (Å²) in [5.41, 5.74) is 6.86. The molecule has 8 nitrogen and oxygen atoms in total. The molecule has 1 radical (unpaired) electrons. The number of carboxylic acid groups (broad SMARTS) is 2. The van der Waals surface area contributed by atoms with Crippen molar-refractivity contribution < 1.29 is 46.8 Å². The van der Waals surface area contributed by atoms with E-state index < -0.39 is 11.9 Å². The van der Waals surface area contributed by atoms with E-state index in [1.165, 1.54) is 11.1 Å². The molecule has 43 heavy (non-hydrogen) atoms. The zero-order valence-electron chi connectivity index (χ0n) is 26.1. The van der Waals surface area contributed by atoms with Crippen molar-refractivity contribution in [2.75, 3.05) is 0 Å². The Bertz CT molecular complexity index is 1300. The van der Waals surface area contributed by atoms with Gasteiger partial charge in [-0.25, -0.2) is 0 Å². The van der Waals surface area contributed by atoms with E-state index in [9.17, 15) is 10.2 Å². The molecule has 233 valence electrons. The van der Waals surface area contributed by atoms with Crippen LogP contribution in [0.4, 0.5) is 11.4 Å². The summed E-state index contributed by atoms with van der Waals surface area (Å²) < 4.78 is 0. The van der Waals surface area contributed by atoms with E-state index in [4.69, 9.17) is 19.8 Å². The summed E-state index contributed by atoms with van der Waals surface area (Å²) in [6.07, 6.45) is 5.47. The number of aryl methyl sites for hydroxylation is 2. The number of phenols is 2. The summed E-state index contributed by atoms with van der Waals surface area (Å²) in [6, 6.07) is 15.7. The SMILES string of the molecule is CC(=O)[O-].CC(=O)[O-].CCC(C)c1cc(C)c(O)c(C=Nc2ccccc2N=Cc2cc(C(C)CC)cc(C)c2O)c1.[Co+2]. The van der Waals surface area contributed by atoms with Crippen LogP contribution in [0.1, 0.15) is 99.6 Å². The summed E-state index contributed by atoms with van der Waals surface area (Å²) in [4.78, 5) is 27.1. The molecule has 3 aromatic rings. The van der Waals surface area contributed by atoms with Crippen LogP contribution in [0.2, 0.25) is 0 Å². The fourth-order valence-electron chi connectivity index (χ4n) is 3.87. The van der Waals surface area contributed by atoms with E-state index in [1.807, 2.05) is 62.4 Å². The van der Waals surface area contributed by atoms with Gasteiger partial charge >= 0.3 is 16.8 Å². The maximum atomic E-state index is 10.6. The van der Waals surface area contributed by atoms with E-state index in [1.54, 1.807) is 12.4 Å². The van der Waals surface area contributed by atoms with Crippen molar-refractivity contribution >= 4 is 35.7 Å². The fraction of sp³-hybridized carbons (Fsp3) is 0.353. The van der Waals surface area contributed by atoms with Gasteiger partial charge in [0.1, 0.15) is 11.5 Å². The molecule has 0 bridgehead atoms. The molecule has 0 heterocycles. The number of phenolic OH excluding ortho intramolecular Hbond substituents is 2. The molecule has 0 spiro atoms. The quantitative estimate of drug-likeness (QED) is 0.302. The minimum absolute atomic E-state index is 0. The van der Waals surface area contributed by atoms with Gasteiger partial charge in [0, 0.05) is 35.5 Å². The number of aliphatic carboxylic acids is 2. The molecule has 0 aliphatic carbocycles. The smallest absolute Gasteiger partial charge is 0.550 e. The van der Waals surface area contributed by atoms with Gasteiger partial charge in [-0.2, -0.15) is 0 Å². The van der Waals surface area contributed by atoms with Crippen molar-refractivity contribution in [3.63, 3.8) is 0 Å². The Labute approximate surface area is 265 Å². The zero-order valence-corrected chi connectivity index (χ0v) is 27.1. The molecule has 0 saturated heterocycles. The number of carbonyl (C=O) groups is 2. The van der Waals surface area contributed by atoms with E-state index in [2.05, 4.69) is 37.7 Å². The van der Waals surface area contributed by atoms with Crippen molar-refractivity contribution in [1.82, 2.24) is 0 Å². The van der Waals surface area contributed by atoms with Crippen LogP contribution in [0.5, 0.6) is 11.5 Å². The molecule has 0 aliphatic rings. The number of rotatable bonds is 8. The molecule has 0 amide bonds. The van der Waals surface area contributed by atoms with Gasteiger partial charge in [0.05, 0.1) is 11.4 Å². The van der Waals surface area contributed by atoms with Gasteiger partial charge in [0.2, 0.25) is 0 Å². The largest absolute Gasteiger partial charge is 2.00 e. The number of nitrogens with zero attached hydrogens (tertiary/aromatic N) is 2. The minimum Gasteiger partial charge on any atom is -0.550 e. The Morgan fingerprint density at radius 1 is 0.744 bits per heavy atom. The number of carbonyl (C=O) groups excluding carboxylic acids is 2. The summed E-state index contributed by atoms with van der Waals surface area (Å²) >= 11 is 0. The van der Waals surface area contributed by atoms with Crippen molar-refractivity contribution in [3.05, 3.63) is 81.9 Å². The van der Waals surface area contributed by atoms with Gasteiger partial charge in [0.15, 0.2) is 0 Å². The Kier molecular flexibility index (Phi) is 17.5. The first-order chi connectivity index (χ1) is 19.7. The zero-order chi connectivity index (χ0) is 32.0. The van der Waals surface area contributed by atoms with Crippen LogP contribution in [0, 0.1) is 13.8 Å². The second-order valence-electron chi connectivity index (χ2n) is 10.2. The maximum absolute atomic E-state index is 10.6. The van der Waals surface area contributed by atoms with E-state index >= 15 is 0 Å². The molecule has 3 rings (SSSR count). The average Bonchev–Trinajstić information content (AvgIpc) is 2.93. The number of para-hydroxylation sites is 2. The number of hydrogen-bond donors (Lipinski definition) is 2. The fourth-order valence-corrected chi connectivity index (χ4v) is 3.87. The monoisotopic (exact) mass is 633 g/mol. The Morgan fingerprint density at radius 3 is 1.33 bits per heavy atom. The Balaban J connectivity index is 0.00000174. The van der Waals surface area contributed by atoms with Crippen LogP contribution in [0.25, 0.3) is 0 Å². The first kappa shape index (κ1) is 39.0. The van der Waals surface area contributed by atoms with E-state index in [-0.39, 0.29) is 28.3 Å². The molecular formula is C34H42CoN2O6. The normalized spacial score (nSPS) is 11.9. The molecule has 3 aromatic carbocycles. The maximum Gasteiger partial charge on any atom is 2.00 e. The van der Waals surface area contributed by atoms with Crippen LogP contribution < -0.4 is 10.2 Å². The van der Waals surface area contributed by atoms with Gasteiger partial charge in [-0.15, -0.1) is 0 Å². The molecule has 0 fully saturated rings. The molecular weight excluding hydrogens is 591 g/mol.